The van der Waals surface area contributed by atoms with E-state index in [2.05, 4.69) is 38.2 Å². The predicted octanol–water partition coefficient (Wildman–Crippen LogP) is 5.27. The Morgan fingerprint density at radius 3 is 2.72 bits per heavy atom. The highest BCUT2D eigenvalue weighted by Gasteiger charge is 2.30. The number of aromatic amines is 1. The summed E-state index contributed by atoms with van der Waals surface area (Å²) in [7, 11) is 1.64. The Balaban J connectivity index is 1.29. The Morgan fingerprint density at radius 2 is 1.97 bits per heavy atom. The van der Waals surface area contributed by atoms with E-state index in [-0.39, 0.29) is 18.1 Å². The SMILES string of the molecule is COc1cccc([C@@H](C)NC(=O)N2CCN(c3ncnc4[nH]c(-c5ccc(Cl)cc5)cc34)C[C@H]2C)c1. The van der Waals surface area contributed by atoms with Gasteiger partial charge in [0, 0.05) is 36.4 Å². The van der Waals surface area contributed by atoms with Gasteiger partial charge < -0.3 is 24.8 Å². The zero-order chi connectivity index (χ0) is 25.2. The summed E-state index contributed by atoms with van der Waals surface area (Å²) in [5.41, 5.74) is 3.77. The third kappa shape index (κ3) is 4.81. The van der Waals surface area contributed by atoms with E-state index in [1.54, 1.807) is 13.4 Å². The van der Waals surface area contributed by atoms with E-state index in [4.69, 9.17) is 16.3 Å². The predicted molar refractivity (Wildman–Crippen MR) is 143 cm³/mol. The fraction of sp³-hybridized carbons (Fsp3) is 0.296. The van der Waals surface area contributed by atoms with Crippen LogP contribution >= 0.6 is 11.6 Å². The van der Waals surface area contributed by atoms with Gasteiger partial charge in [-0.1, -0.05) is 35.9 Å². The number of amides is 2. The molecule has 2 aromatic heterocycles. The van der Waals surface area contributed by atoms with Gasteiger partial charge in [0.25, 0.3) is 0 Å². The van der Waals surface area contributed by atoms with Gasteiger partial charge in [0.15, 0.2) is 0 Å². The summed E-state index contributed by atoms with van der Waals surface area (Å²) in [4.78, 5) is 29.7. The highest BCUT2D eigenvalue weighted by atomic mass is 35.5. The van der Waals surface area contributed by atoms with E-state index in [0.717, 1.165) is 39.4 Å². The van der Waals surface area contributed by atoms with Crippen LogP contribution in [0, 0.1) is 0 Å². The molecule has 0 aliphatic carbocycles. The largest absolute Gasteiger partial charge is 0.497 e. The zero-order valence-electron chi connectivity index (χ0n) is 20.5. The number of carbonyl (C=O) groups is 1. The third-order valence-electron chi connectivity index (χ3n) is 6.68. The van der Waals surface area contributed by atoms with Gasteiger partial charge in [-0.3, -0.25) is 0 Å². The maximum Gasteiger partial charge on any atom is 0.318 e. The molecule has 2 atom stereocenters. The molecule has 0 unspecified atom stereocenters. The van der Waals surface area contributed by atoms with Gasteiger partial charge in [-0.15, -0.1) is 0 Å². The van der Waals surface area contributed by atoms with E-state index < -0.39 is 0 Å². The maximum absolute atomic E-state index is 13.1. The number of ether oxygens (including phenoxy) is 1. The standard InChI is InChI=1S/C27H29ClN6O2/c1-17-15-33(11-12-34(17)27(35)31-18(2)20-5-4-6-22(13-20)36-3)26-23-14-24(32-25(23)29-16-30-26)19-7-9-21(28)10-8-19/h4-10,13-14,16-18H,11-12,15H2,1-3H3,(H,31,35)(H,29,30,32)/t17-,18-/m1/s1. The maximum atomic E-state index is 13.1. The van der Waals surface area contributed by atoms with Gasteiger partial charge in [0.2, 0.25) is 0 Å². The molecule has 1 aliphatic rings. The molecule has 186 valence electrons. The number of H-pyrrole nitrogens is 1. The van der Waals surface area contributed by atoms with Gasteiger partial charge in [0.1, 0.15) is 23.5 Å². The summed E-state index contributed by atoms with van der Waals surface area (Å²) in [6.45, 7) is 6.00. The molecule has 3 heterocycles. The molecule has 5 rings (SSSR count). The number of nitrogens with zero attached hydrogens (tertiary/aromatic N) is 4. The van der Waals surface area contributed by atoms with Crippen LogP contribution in [-0.4, -0.2) is 58.7 Å². The van der Waals surface area contributed by atoms with Crippen molar-refractivity contribution in [2.45, 2.75) is 25.9 Å². The Morgan fingerprint density at radius 1 is 1.17 bits per heavy atom. The van der Waals surface area contributed by atoms with Crippen LogP contribution in [0.2, 0.25) is 5.02 Å². The topological polar surface area (TPSA) is 86.4 Å². The molecular formula is C27H29ClN6O2. The molecule has 4 aromatic rings. The zero-order valence-corrected chi connectivity index (χ0v) is 21.3. The number of hydrogen-bond acceptors (Lipinski definition) is 5. The molecule has 8 nitrogen and oxygen atoms in total. The van der Waals surface area contributed by atoms with Crippen molar-refractivity contribution >= 4 is 34.5 Å². The molecule has 9 heteroatoms. The molecule has 0 radical (unpaired) electrons. The minimum Gasteiger partial charge on any atom is -0.497 e. The number of halogens is 1. The third-order valence-corrected chi connectivity index (χ3v) is 6.93. The summed E-state index contributed by atoms with van der Waals surface area (Å²) >= 11 is 6.05. The lowest BCUT2D eigenvalue weighted by atomic mass is 10.1. The molecule has 1 fully saturated rings. The Bertz CT molecular complexity index is 1370. The number of nitrogens with one attached hydrogen (secondary N) is 2. The van der Waals surface area contributed by atoms with Crippen LogP contribution in [0.5, 0.6) is 5.75 Å². The van der Waals surface area contributed by atoms with E-state index in [1.807, 2.05) is 60.4 Å². The number of piperazine rings is 1. The number of hydrogen-bond donors (Lipinski definition) is 2. The van der Waals surface area contributed by atoms with Crippen molar-refractivity contribution in [3.05, 3.63) is 71.5 Å². The van der Waals surface area contributed by atoms with Gasteiger partial charge in [-0.2, -0.15) is 0 Å². The van der Waals surface area contributed by atoms with Gasteiger partial charge in [0.05, 0.1) is 18.5 Å². The second kappa shape index (κ2) is 10.1. The number of carbonyl (C=O) groups excluding carboxylic acids is 1. The lowest BCUT2D eigenvalue weighted by molar-refractivity contribution is 0.168. The average Bonchev–Trinajstić information content (AvgIpc) is 3.33. The molecule has 2 N–H and O–H groups in total. The average molecular weight is 505 g/mol. The first-order valence-electron chi connectivity index (χ1n) is 12.0. The quantitative estimate of drug-likeness (QED) is 0.387. The van der Waals surface area contributed by atoms with E-state index in [1.165, 1.54) is 0 Å². The molecule has 1 saturated heterocycles. The van der Waals surface area contributed by atoms with Crippen molar-refractivity contribution in [1.29, 1.82) is 0 Å². The van der Waals surface area contributed by atoms with Crippen molar-refractivity contribution in [1.82, 2.24) is 25.2 Å². The first-order chi connectivity index (χ1) is 17.4. The fourth-order valence-electron chi connectivity index (χ4n) is 4.68. The fourth-order valence-corrected chi connectivity index (χ4v) is 4.80. The summed E-state index contributed by atoms with van der Waals surface area (Å²) in [6.07, 6.45) is 1.58. The number of aromatic nitrogens is 3. The summed E-state index contributed by atoms with van der Waals surface area (Å²) in [5.74, 6) is 1.64. The van der Waals surface area contributed by atoms with Crippen molar-refractivity contribution in [3.63, 3.8) is 0 Å². The first-order valence-corrected chi connectivity index (χ1v) is 12.4. The minimum atomic E-state index is -0.134. The summed E-state index contributed by atoms with van der Waals surface area (Å²) < 4.78 is 5.31. The Kier molecular flexibility index (Phi) is 6.69. The molecular weight excluding hydrogens is 476 g/mol. The normalized spacial score (nSPS) is 16.7. The highest BCUT2D eigenvalue weighted by Crippen LogP contribution is 2.30. The van der Waals surface area contributed by atoms with Gasteiger partial charge in [-0.25, -0.2) is 14.8 Å². The second-order valence-electron chi connectivity index (χ2n) is 9.09. The van der Waals surface area contributed by atoms with Gasteiger partial charge >= 0.3 is 6.03 Å². The number of rotatable bonds is 5. The van der Waals surface area contributed by atoms with Gasteiger partial charge in [-0.05, 0) is 55.3 Å². The lowest BCUT2D eigenvalue weighted by Crippen LogP contribution is -2.57. The lowest BCUT2D eigenvalue weighted by Gasteiger charge is -2.40. The van der Waals surface area contributed by atoms with Crippen molar-refractivity contribution < 1.29 is 9.53 Å². The molecule has 2 amide bonds. The van der Waals surface area contributed by atoms with Crippen LogP contribution in [0.1, 0.15) is 25.5 Å². The summed E-state index contributed by atoms with van der Waals surface area (Å²) in [5, 5.41) is 4.79. The number of anilines is 1. The minimum absolute atomic E-state index is 0.0101. The number of urea groups is 1. The Labute approximate surface area is 215 Å². The van der Waals surface area contributed by atoms with Crippen LogP contribution in [0.4, 0.5) is 10.6 Å². The summed E-state index contributed by atoms with van der Waals surface area (Å²) in [6, 6.07) is 17.3. The number of benzene rings is 2. The number of methoxy groups -OCH3 is 1. The van der Waals surface area contributed by atoms with Crippen molar-refractivity contribution in [2.24, 2.45) is 0 Å². The van der Waals surface area contributed by atoms with E-state index in [9.17, 15) is 4.79 Å². The van der Waals surface area contributed by atoms with E-state index in [0.29, 0.717) is 24.7 Å². The smallest absolute Gasteiger partial charge is 0.318 e. The second-order valence-corrected chi connectivity index (χ2v) is 9.52. The van der Waals surface area contributed by atoms with Crippen LogP contribution in [0.25, 0.3) is 22.3 Å². The first kappa shape index (κ1) is 23.9. The molecule has 36 heavy (non-hydrogen) atoms. The molecule has 1 aliphatic heterocycles. The van der Waals surface area contributed by atoms with Crippen molar-refractivity contribution in [3.8, 4) is 17.0 Å². The number of fused-ring (bicyclic) bond motifs is 1. The van der Waals surface area contributed by atoms with Crippen LogP contribution in [0.3, 0.4) is 0 Å². The molecule has 0 spiro atoms. The van der Waals surface area contributed by atoms with E-state index >= 15 is 0 Å². The van der Waals surface area contributed by atoms with Crippen LogP contribution in [0.15, 0.2) is 60.9 Å². The van der Waals surface area contributed by atoms with Crippen LogP contribution < -0.4 is 15.0 Å². The molecule has 0 saturated carbocycles. The van der Waals surface area contributed by atoms with Crippen molar-refractivity contribution in [2.75, 3.05) is 31.6 Å². The van der Waals surface area contributed by atoms with Crippen LogP contribution in [-0.2, 0) is 0 Å². The molecule has 0 bridgehead atoms. The highest BCUT2D eigenvalue weighted by molar-refractivity contribution is 6.30. The Hall–Kier alpha value is -3.78. The molecule has 2 aromatic carbocycles. The monoisotopic (exact) mass is 504 g/mol.